The van der Waals surface area contributed by atoms with E-state index in [9.17, 15) is 0 Å². The van der Waals surface area contributed by atoms with E-state index in [1.165, 1.54) is 88.0 Å². The Labute approximate surface area is 269 Å². The molecule has 0 nitrogen and oxygen atoms in total. The molecule has 0 bridgehead atoms. The fourth-order valence-corrected chi connectivity index (χ4v) is 7.48. The number of benzene rings is 8. The zero-order chi connectivity index (χ0) is 30.5. The van der Waals surface area contributed by atoms with Gasteiger partial charge in [-0.3, -0.25) is 0 Å². The summed E-state index contributed by atoms with van der Waals surface area (Å²) in [5.41, 5.74) is 13.1. The van der Waals surface area contributed by atoms with Crippen LogP contribution in [0.15, 0.2) is 164 Å². The summed E-state index contributed by atoms with van der Waals surface area (Å²) >= 11 is 0. The first-order valence-corrected chi connectivity index (χ1v) is 16.2. The number of fused-ring (bicyclic) bond motifs is 5. The molecule has 9 rings (SSSR count). The average Bonchev–Trinajstić information content (AvgIpc) is 3.14. The van der Waals surface area contributed by atoms with Crippen molar-refractivity contribution >= 4 is 44.0 Å². The maximum Gasteiger partial charge on any atom is -0.00206 e. The normalized spacial score (nSPS) is 12.7. The Hall–Kier alpha value is -5.72. The second kappa shape index (κ2) is 11.0. The highest BCUT2D eigenvalue weighted by molar-refractivity contribution is 6.11. The van der Waals surface area contributed by atoms with Crippen molar-refractivity contribution in [2.24, 2.45) is 0 Å². The van der Waals surface area contributed by atoms with Crippen LogP contribution < -0.4 is 0 Å². The Morgan fingerprint density at radius 1 is 0.326 bits per heavy atom. The number of aryl methyl sites for hydroxylation is 1. The molecular formula is C46H32. The molecule has 0 radical (unpaired) electrons. The second-order valence-electron chi connectivity index (χ2n) is 12.4. The molecule has 8 aromatic rings. The molecule has 46 heavy (non-hydrogen) atoms. The molecule has 0 fully saturated rings. The van der Waals surface area contributed by atoms with Gasteiger partial charge in [0.05, 0.1) is 0 Å². The Balaban J connectivity index is 1.26. The molecule has 0 spiro atoms. The van der Waals surface area contributed by atoms with Crippen molar-refractivity contribution in [1.29, 1.82) is 0 Å². The zero-order valence-electron chi connectivity index (χ0n) is 25.6. The number of rotatable bonds is 4. The SMILES string of the molecule is C1=C(c2ccc3ccccc3c2)CCc2c1c(-c1ccccc1)c(-c1ccc(-c3ccc4ccccc4c3)cc1)c1ccccc21. The molecule has 1 aliphatic carbocycles. The van der Waals surface area contributed by atoms with Crippen LogP contribution in [0.25, 0.3) is 77.3 Å². The van der Waals surface area contributed by atoms with Crippen LogP contribution in [0.5, 0.6) is 0 Å². The third-order valence-electron chi connectivity index (χ3n) is 9.77. The van der Waals surface area contributed by atoms with E-state index in [1.807, 2.05) is 0 Å². The van der Waals surface area contributed by atoms with Crippen LogP contribution in [-0.2, 0) is 6.42 Å². The maximum absolute atomic E-state index is 2.49. The molecule has 216 valence electrons. The van der Waals surface area contributed by atoms with Crippen molar-refractivity contribution in [1.82, 2.24) is 0 Å². The molecule has 0 saturated heterocycles. The van der Waals surface area contributed by atoms with Crippen LogP contribution in [0, 0.1) is 0 Å². The molecule has 0 N–H and O–H groups in total. The Bertz CT molecular complexity index is 2440. The molecule has 0 heterocycles. The van der Waals surface area contributed by atoms with E-state index in [2.05, 4.69) is 170 Å². The number of hydrogen-bond acceptors (Lipinski definition) is 0. The molecule has 0 saturated carbocycles. The summed E-state index contributed by atoms with van der Waals surface area (Å²) in [5, 5.41) is 7.80. The quantitative estimate of drug-likeness (QED) is 0.193. The van der Waals surface area contributed by atoms with Crippen molar-refractivity contribution in [3.63, 3.8) is 0 Å². The Kier molecular flexibility index (Phi) is 6.39. The van der Waals surface area contributed by atoms with Crippen molar-refractivity contribution < 1.29 is 0 Å². The zero-order valence-corrected chi connectivity index (χ0v) is 25.6. The molecule has 0 atom stereocenters. The van der Waals surface area contributed by atoms with E-state index < -0.39 is 0 Å². The van der Waals surface area contributed by atoms with Gasteiger partial charge < -0.3 is 0 Å². The van der Waals surface area contributed by atoms with Gasteiger partial charge in [0.1, 0.15) is 0 Å². The third-order valence-corrected chi connectivity index (χ3v) is 9.77. The van der Waals surface area contributed by atoms with Gasteiger partial charge in [-0.2, -0.15) is 0 Å². The lowest BCUT2D eigenvalue weighted by molar-refractivity contribution is 1.01. The van der Waals surface area contributed by atoms with Crippen LogP contribution in [0.2, 0.25) is 0 Å². The largest absolute Gasteiger partial charge is 0.0622 e. The van der Waals surface area contributed by atoms with Gasteiger partial charge in [-0.1, -0.05) is 158 Å². The third kappa shape index (κ3) is 4.54. The minimum atomic E-state index is 1.02. The van der Waals surface area contributed by atoms with Crippen molar-refractivity contribution in [2.75, 3.05) is 0 Å². The van der Waals surface area contributed by atoms with E-state index >= 15 is 0 Å². The maximum atomic E-state index is 2.49. The van der Waals surface area contributed by atoms with Crippen molar-refractivity contribution in [2.45, 2.75) is 12.8 Å². The van der Waals surface area contributed by atoms with Crippen LogP contribution in [0.1, 0.15) is 23.1 Å². The lowest BCUT2D eigenvalue weighted by Gasteiger charge is -2.26. The summed E-state index contributed by atoms with van der Waals surface area (Å²) in [5.74, 6) is 0. The van der Waals surface area contributed by atoms with E-state index in [-0.39, 0.29) is 0 Å². The van der Waals surface area contributed by atoms with Gasteiger partial charge in [-0.15, -0.1) is 0 Å². The van der Waals surface area contributed by atoms with Crippen molar-refractivity contribution in [3.8, 4) is 33.4 Å². The van der Waals surface area contributed by atoms with Gasteiger partial charge in [0.2, 0.25) is 0 Å². The Morgan fingerprint density at radius 2 is 0.848 bits per heavy atom. The van der Waals surface area contributed by atoms with Gasteiger partial charge in [0, 0.05) is 0 Å². The summed E-state index contributed by atoms with van der Waals surface area (Å²) < 4.78 is 0. The number of allylic oxidation sites excluding steroid dienone is 1. The van der Waals surface area contributed by atoms with E-state index in [0.29, 0.717) is 0 Å². The summed E-state index contributed by atoms with van der Waals surface area (Å²) in [6, 6.07) is 60.2. The predicted octanol–water partition coefficient (Wildman–Crippen LogP) is 12.6. The van der Waals surface area contributed by atoms with E-state index in [0.717, 1.165) is 12.8 Å². The molecule has 0 aromatic heterocycles. The average molecular weight is 585 g/mol. The lowest BCUT2D eigenvalue weighted by atomic mass is 9.78. The van der Waals surface area contributed by atoms with Gasteiger partial charge in [0.15, 0.2) is 0 Å². The van der Waals surface area contributed by atoms with Gasteiger partial charge >= 0.3 is 0 Å². The molecule has 0 unspecified atom stereocenters. The first-order chi connectivity index (χ1) is 22.8. The molecule has 0 amide bonds. The van der Waals surface area contributed by atoms with Crippen LogP contribution in [-0.4, -0.2) is 0 Å². The van der Waals surface area contributed by atoms with Crippen LogP contribution >= 0.6 is 0 Å². The van der Waals surface area contributed by atoms with Crippen LogP contribution in [0.4, 0.5) is 0 Å². The second-order valence-corrected chi connectivity index (χ2v) is 12.4. The summed E-state index contributed by atoms with van der Waals surface area (Å²) in [6.45, 7) is 0. The first kappa shape index (κ1) is 26.7. The van der Waals surface area contributed by atoms with E-state index in [1.54, 1.807) is 0 Å². The highest BCUT2D eigenvalue weighted by Crippen LogP contribution is 2.47. The first-order valence-electron chi connectivity index (χ1n) is 16.2. The molecule has 8 aromatic carbocycles. The fraction of sp³-hybridized carbons (Fsp3) is 0.0435. The molecule has 1 aliphatic rings. The molecular weight excluding hydrogens is 553 g/mol. The fourth-order valence-electron chi connectivity index (χ4n) is 7.48. The van der Waals surface area contributed by atoms with Gasteiger partial charge in [-0.25, -0.2) is 0 Å². The minimum Gasteiger partial charge on any atom is -0.0622 e. The Morgan fingerprint density at radius 3 is 1.57 bits per heavy atom. The van der Waals surface area contributed by atoms with E-state index in [4.69, 9.17) is 0 Å². The summed E-state index contributed by atoms with van der Waals surface area (Å²) in [4.78, 5) is 0. The van der Waals surface area contributed by atoms with Crippen molar-refractivity contribution in [3.05, 3.63) is 180 Å². The summed E-state index contributed by atoms with van der Waals surface area (Å²) in [6.07, 6.45) is 4.55. The molecule has 0 heteroatoms. The van der Waals surface area contributed by atoms with Crippen LogP contribution in [0.3, 0.4) is 0 Å². The number of hydrogen-bond donors (Lipinski definition) is 0. The topological polar surface area (TPSA) is 0 Å². The predicted molar refractivity (Wildman–Crippen MR) is 198 cm³/mol. The highest BCUT2D eigenvalue weighted by Gasteiger charge is 2.24. The highest BCUT2D eigenvalue weighted by atomic mass is 14.3. The lowest BCUT2D eigenvalue weighted by Crippen LogP contribution is -2.04. The van der Waals surface area contributed by atoms with Gasteiger partial charge in [0.25, 0.3) is 0 Å². The standard InChI is InChI=1S/C46H32/c1-2-12-34(13-3-1)46-44-30-40(39-25-21-32-11-5-7-15-37(32)29-39)26-27-42(44)41-16-8-9-17-43(41)45(46)35-22-18-33(19-23-35)38-24-20-31-10-4-6-14-36(31)28-38/h1-25,28-30H,26-27H2. The summed E-state index contributed by atoms with van der Waals surface area (Å²) in [7, 11) is 0. The minimum absolute atomic E-state index is 1.02. The monoisotopic (exact) mass is 584 g/mol. The smallest absolute Gasteiger partial charge is 0.00206 e. The van der Waals surface area contributed by atoms with Gasteiger partial charge in [-0.05, 0) is 113 Å². The molecule has 0 aliphatic heterocycles.